The number of terminal acetylenes is 1. The number of hydrogen-bond donors (Lipinski definition) is 2. The van der Waals surface area contributed by atoms with Gasteiger partial charge < -0.3 is 10.4 Å². The van der Waals surface area contributed by atoms with Crippen LogP contribution in [0.1, 0.15) is 13.3 Å². The average molecular weight is 181 g/mol. The number of carbonyl (C=O) groups is 2. The van der Waals surface area contributed by atoms with Crippen molar-refractivity contribution in [1.82, 2.24) is 5.32 Å². The van der Waals surface area contributed by atoms with Crippen LogP contribution < -0.4 is 5.32 Å². The molecule has 0 aliphatic heterocycles. The van der Waals surface area contributed by atoms with Crippen LogP contribution in [-0.4, -0.2) is 23.0 Å². The van der Waals surface area contributed by atoms with Crippen LogP contribution in [0.15, 0.2) is 0 Å². The number of amides is 1. The molecular weight excluding hydrogens is 170 g/mol. The maximum atomic E-state index is 11.2. The molecule has 0 heterocycles. The van der Waals surface area contributed by atoms with E-state index in [9.17, 15) is 9.59 Å². The fourth-order valence-electron chi connectivity index (χ4n) is 1.12. The van der Waals surface area contributed by atoms with E-state index < -0.39 is 11.9 Å². The summed E-state index contributed by atoms with van der Waals surface area (Å²) in [6.45, 7) is 1.68. The molecule has 0 aromatic rings. The van der Waals surface area contributed by atoms with Crippen molar-refractivity contribution in [1.29, 1.82) is 0 Å². The van der Waals surface area contributed by atoms with Gasteiger partial charge in [0, 0.05) is 0 Å². The Morgan fingerprint density at radius 1 is 1.62 bits per heavy atom. The molecular formula is C9H11NO3. The van der Waals surface area contributed by atoms with Crippen LogP contribution in [0.25, 0.3) is 0 Å². The van der Waals surface area contributed by atoms with E-state index in [1.807, 2.05) is 0 Å². The third-order valence-electron chi connectivity index (χ3n) is 2.05. The van der Waals surface area contributed by atoms with Gasteiger partial charge in [-0.05, 0) is 13.3 Å². The molecule has 1 unspecified atom stereocenters. The molecule has 1 aliphatic rings. The summed E-state index contributed by atoms with van der Waals surface area (Å²) < 4.78 is 0. The minimum Gasteiger partial charge on any atom is -0.481 e. The highest BCUT2D eigenvalue weighted by molar-refractivity contribution is 5.89. The van der Waals surface area contributed by atoms with E-state index in [0.717, 1.165) is 0 Å². The summed E-state index contributed by atoms with van der Waals surface area (Å²) >= 11 is 0. The van der Waals surface area contributed by atoms with Crippen LogP contribution in [0.4, 0.5) is 0 Å². The highest BCUT2D eigenvalue weighted by Gasteiger charge is 2.48. The second-order valence-corrected chi connectivity index (χ2v) is 3.18. The molecule has 1 fully saturated rings. The molecule has 4 nitrogen and oxygen atoms in total. The van der Waals surface area contributed by atoms with Crippen LogP contribution in [0, 0.1) is 24.2 Å². The standard InChI is InChI=1S/C9H11NO3/c1-3-5(2)10-8(11)6-4-7(6)9(12)13/h1,5-7H,4H2,2H3,(H,10,11)(H,12,13)/t5?,6-,7+/m1/s1. The summed E-state index contributed by atoms with van der Waals surface area (Å²) in [5.74, 6) is 0.292. The molecule has 0 spiro atoms. The molecule has 1 amide bonds. The molecule has 0 radical (unpaired) electrons. The molecule has 1 rings (SSSR count). The van der Waals surface area contributed by atoms with Crippen molar-refractivity contribution >= 4 is 11.9 Å². The third-order valence-corrected chi connectivity index (χ3v) is 2.05. The molecule has 0 saturated heterocycles. The Labute approximate surface area is 76.3 Å². The van der Waals surface area contributed by atoms with Crippen molar-refractivity contribution in [2.45, 2.75) is 19.4 Å². The monoisotopic (exact) mass is 181 g/mol. The Kier molecular flexibility index (Phi) is 2.57. The Morgan fingerprint density at radius 3 is 2.62 bits per heavy atom. The summed E-state index contributed by atoms with van der Waals surface area (Å²) in [7, 11) is 0. The Morgan fingerprint density at radius 2 is 2.23 bits per heavy atom. The van der Waals surface area contributed by atoms with Gasteiger partial charge in [-0.3, -0.25) is 9.59 Å². The normalized spacial score (nSPS) is 27.1. The predicted molar refractivity (Wildman–Crippen MR) is 45.7 cm³/mol. The lowest BCUT2D eigenvalue weighted by atomic mass is 10.2. The van der Waals surface area contributed by atoms with E-state index in [1.54, 1.807) is 6.92 Å². The third kappa shape index (κ3) is 2.22. The highest BCUT2D eigenvalue weighted by atomic mass is 16.4. The number of carboxylic acids is 1. The molecule has 1 aliphatic carbocycles. The number of rotatable bonds is 3. The smallest absolute Gasteiger partial charge is 0.307 e. The first-order chi connectivity index (χ1) is 6.06. The highest BCUT2D eigenvalue weighted by Crippen LogP contribution is 2.38. The first kappa shape index (κ1) is 9.59. The van der Waals surface area contributed by atoms with Gasteiger partial charge in [0.2, 0.25) is 5.91 Å². The fraction of sp³-hybridized carbons (Fsp3) is 0.556. The number of carboxylic acid groups (broad SMARTS) is 1. The van der Waals surface area contributed by atoms with Gasteiger partial charge in [-0.15, -0.1) is 6.42 Å². The lowest BCUT2D eigenvalue weighted by Gasteiger charge is -2.05. The second-order valence-electron chi connectivity index (χ2n) is 3.18. The molecule has 0 aromatic heterocycles. The summed E-state index contributed by atoms with van der Waals surface area (Å²) in [4.78, 5) is 21.6. The minimum atomic E-state index is -0.909. The lowest BCUT2D eigenvalue weighted by Crippen LogP contribution is -2.33. The van der Waals surface area contributed by atoms with E-state index in [-0.39, 0.29) is 17.9 Å². The van der Waals surface area contributed by atoms with Crippen molar-refractivity contribution in [2.24, 2.45) is 11.8 Å². The average Bonchev–Trinajstić information content (AvgIpc) is 2.82. The van der Waals surface area contributed by atoms with Crippen molar-refractivity contribution in [3.8, 4) is 12.3 Å². The lowest BCUT2D eigenvalue weighted by molar-refractivity contribution is -0.140. The summed E-state index contributed by atoms with van der Waals surface area (Å²) in [6, 6.07) is -0.331. The molecule has 1 saturated carbocycles. The number of hydrogen-bond acceptors (Lipinski definition) is 2. The molecule has 13 heavy (non-hydrogen) atoms. The zero-order chi connectivity index (χ0) is 10.0. The van der Waals surface area contributed by atoms with Crippen LogP contribution >= 0.6 is 0 Å². The van der Waals surface area contributed by atoms with Gasteiger partial charge in [0.15, 0.2) is 0 Å². The topological polar surface area (TPSA) is 66.4 Å². The van der Waals surface area contributed by atoms with Gasteiger partial charge in [0.25, 0.3) is 0 Å². The summed E-state index contributed by atoms with van der Waals surface area (Å²) in [6.07, 6.45) is 5.48. The largest absolute Gasteiger partial charge is 0.481 e. The SMILES string of the molecule is C#CC(C)NC(=O)[C@@H]1C[C@@H]1C(=O)O. The van der Waals surface area contributed by atoms with Gasteiger partial charge in [0.05, 0.1) is 17.9 Å². The van der Waals surface area contributed by atoms with Crippen LogP contribution in [0.5, 0.6) is 0 Å². The molecule has 2 N–H and O–H groups in total. The molecule has 0 bridgehead atoms. The van der Waals surface area contributed by atoms with Gasteiger partial charge in [-0.25, -0.2) is 0 Å². The first-order valence-corrected chi connectivity index (χ1v) is 4.05. The van der Waals surface area contributed by atoms with E-state index in [1.165, 1.54) is 0 Å². The first-order valence-electron chi connectivity index (χ1n) is 4.05. The van der Waals surface area contributed by atoms with Gasteiger partial charge in [-0.1, -0.05) is 5.92 Å². The minimum absolute atomic E-state index is 0.252. The van der Waals surface area contributed by atoms with E-state index >= 15 is 0 Å². The summed E-state index contributed by atoms with van der Waals surface area (Å²) in [5, 5.41) is 11.1. The van der Waals surface area contributed by atoms with Gasteiger partial charge >= 0.3 is 5.97 Å². The van der Waals surface area contributed by atoms with E-state index in [0.29, 0.717) is 6.42 Å². The maximum Gasteiger partial charge on any atom is 0.307 e. The van der Waals surface area contributed by atoms with Crippen LogP contribution in [0.3, 0.4) is 0 Å². The molecule has 70 valence electrons. The van der Waals surface area contributed by atoms with E-state index in [4.69, 9.17) is 11.5 Å². The van der Waals surface area contributed by atoms with Crippen molar-refractivity contribution in [3.63, 3.8) is 0 Å². The van der Waals surface area contributed by atoms with Crippen LogP contribution in [-0.2, 0) is 9.59 Å². The van der Waals surface area contributed by atoms with Gasteiger partial charge in [0.1, 0.15) is 0 Å². The molecule has 3 atom stereocenters. The zero-order valence-electron chi connectivity index (χ0n) is 7.28. The molecule has 0 aromatic carbocycles. The number of carbonyl (C=O) groups excluding carboxylic acids is 1. The maximum absolute atomic E-state index is 11.2. The van der Waals surface area contributed by atoms with Crippen molar-refractivity contribution in [2.75, 3.05) is 0 Å². The molecule has 4 heteroatoms. The number of aliphatic carboxylic acids is 1. The van der Waals surface area contributed by atoms with Gasteiger partial charge in [-0.2, -0.15) is 0 Å². The quantitative estimate of drug-likeness (QED) is 0.595. The fourth-order valence-corrected chi connectivity index (χ4v) is 1.12. The van der Waals surface area contributed by atoms with Crippen molar-refractivity contribution < 1.29 is 14.7 Å². The Bertz CT molecular complexity index is 279. The zero-order valence-corrected chi connectivity index (χ0v) is 7.28. The Hall–Kier alpha value is -1.50. The van der Waals surface area contributed by atoms with E-state index in [2.05, 4.69) is 11.2 Å². The summed E-state index contributed by atoms with van der Waals surface area (Å²) in [5.41, 5.74) is 0. The number of nitrogens with one attached hydrogen (secondary N) is 1. The predicted octanol–water partition coefficient (Wildman–Crippen LogP) is -0.155. The Balaban J connectivity index is 2.37. The van der Waals surface area contributed by atoms with Crippen molar-refractivity contribution in [3.05, 3.63) is 0 Å². The van der Waals surface area contributed by atoms with Crippen LogP contribution in [0.2, 0.25) is 0 Å². The second kappa shape index (κ2) is 3.48.